The average Bonchev–Trinajstić information content (AvgIpc) is 1.64. The molecule has 0 spiro atoms. The summed E-state index contributed by atoms with van der Waals surface area (Å²) in [6, 6.07) is -0.770. The third-order valence-electron chi connectivity index (χ3n) is 0.928. The summed E-state index contributed by atoms with van der Waals surface area (Å²) in [6.07, 6.45) is -0.806. The number of carbonyl (C=O) groups is 1. The lowest BCUT2D eigenvalue weighted by atomic mass is 10.2. The van der Waals surface area contributed by atoms with E-state index in [9.17, 15) is 4.79 Å². The molecule has 5 heteroatoms. The quantitative estimate of drug-likeness (QED) is 0.376. The summed E-state index contributed by atoms with van der Waals surface area (Å²) in [5, 5.41) is 8.77. The summed E-state index contributed by atoms with van der Waals surface area (Å²) in [5.41, 5.74) is 4.84. The van der Waals surface area contributed by atoms with Crippen LogP contribution in [0.4, 0.5) is 0 Å². The van der Waals surface area contributed by atoms with Gasteiger partial charge in [0.25, 0.3) is 0 Å². The van der Waals surface area contributed by atoms with E-state index < -0.39 is 18.1 Å². The largest absolute Gasteiger partial charge is 0.391 e. The van der Waals surface area contributed by atoms with Gasteiger partial charge < -0.3 is 10.8 Å². The molecule has 0 radical (unpaired) electrons. The lowest BCUT2D eigenvalue weighted by molar-refractivity contribution is -0.121. The Bertz CT molecular complexity index is 107. The van der Waals surface area contributed by atoms with Crippen molar-refractivity contribution < 1.29 is 9.90 Å². The molecule has 9 heavy (non-hydrogen) atoms. The van der Waals surface area contributed by atoms with Crippen molar-refractivity contribution in [2.45, 2.75) is 19.1 Å². The van der Waals surface area contributed by atoms with Gasteiger partial charge in [0.15, 0.2) is 0 Å². The Morgan fingerprint density at radius 3 is 2.33 bits per heavy atom. The van der Waals surface area contributed by atoms with Crippen LogP contribution < -0.4 is 10.5 Å². The maximum absolute atomic E-state index is 10.3. The van der Waals surface area contributed by atoms with Gasteiger partial charge in [-0.15, -0.1) is 0 Å². The molecule has 0 aliphatic rings. The monoisotopic (exact) mass is 150 g/mol. The highest BCUT2D eigenvalue weighted by Crippen LogP contribution is 1.90. The fourth-order valence-corrected chi connectivity index (χ4v) is 0.752. The minimum Gasteiger partial charge on any atom is -0.391 e. The highest BCUT2D eigenvalue weighted by atomic mass is 32.1. The first-order valence-corrected chi connectivity index (χ1v) is 2.91. The zero-order valence-electron chi connectivity index (χ0n) is 5.03. The number of amides is 1. The highest BCUT2D eigenvalue weighted by molar-refractivity contribution is 7.78. The first-order valence-electron chi connectivity index (χ1n) is 2.46. The number of hydrogen-bond donors (Lipinski definition) is 4. The third-order valence-corrected chi connectivity index (χ3v) is 1.21. The normalized spacial score (nSPS) is 16.8. The summed E-state index contributed by atoms with van der Waals surface area (Å²) in [6.45, 7) is 1.46. The molecule has 54 valence electrons. The molecule has 0 aromatic rings. The van der Waals surface area contributed by atoms with Gasteiger partial charge in [-0.1, -0.05) is 12.8 Å². The summed E-state index contributed by atoms with van der Waals surface area (Å²) in [7, 11) is 0. The molecule has 0 aromatic carbocycles. The van der Waals surface area contributed by atoms with Gasteiger partial charge in [-0.3, -0.25) is 9.52 Å². The van der Waals surface area contributed by atoms with Gasteiger partial charge in [0.1, 0.15) is 6.04 Å². The summed E-state index contributed by atoms with van der Waals surface area (Å²) in [5.74, 6) is -0.611. The van der Waals surface area contributed by atoms with Crippen molar-refractivity contribution in [2.75, 3.05) is 0 Å². The van der Waals surface area contributed by atoms with Crippen LogP contribution in [0.1, 0.15) is 6.92 Å². The Balaban J connectivity index is 3.83. The molecule has 0 aromatic heterocycles. The lowest BCUT2D eigenvalue weighted by Crippen LogP contribution is -2.44. The molecule has 0 rings (SSSR count). The number of rotatable bonds is 3. The first kappa shape index (κ1) is 8.74. The van der Waals surface area contributed by atoms with Crippen molar-refractivity contribution in [2.24, 2.45) is 5.73 Å². The number of aliphatic hydroxyl groups excluding tert-OH is 1. The van der Waals surface area contributed by atoms with Crippen LogP contribution in [0.2, 0.25) is 0 Å². The van der Waals surface area contributed by atoms with Crippen LogP contribution in [0, 0.1) is 0 Å². The van der Waals surface area contributed by atoms with E-state index in [2.05, 4.69) is 17.5 Å². The fraction of sp³-hybridized carbons (Fsp3) is 0.750. The minimum atomic E-state index is -0.806. The molecule has 4 nitrogen and oxygen atoms in total. The van der Waals surface area contributed by atoms with E-state index >= 15 is 0 Å². The molecule has 0 heterocycles. The second-order valence-electron chi connectivity index (χ2n) is 1.75. The SMILES string of the molecule is CC(O)C(NS)C(N)=O. The van der Waals surface area contributed by atoms with Gasteiger partial charge >= 0.3 is 0 Å². The van der Waals surface area contributed by atoms with Crippen molar-refractivity contribution in [1.82, 2.24) is 4.72 Å². The Morgan fingerprint density at radius 2 is 2.33 bits per heavy atom. The van der Waals surface area contributed by atoms with E-state index in [4.69, 9.17) is 10.8 Å². The molecule has 0 aliphatic carbocycles. The van der Waals surface area contributed by atoms with Crippen LogP contribution in [0.15, 0.2) is 0 Å². The number of aliphatic hydroxyl groups is 1. The lowest BCUT2D eigenvalue weighted by Gasteiger charge is -2.13. The molecule has 0 saturated heterocycles. The Hall–Kier alpha value is -0.260. The zero-order valence-corrected chi connectivity index (χ0v) is 5.93. The molecular formula is C4H10N2O2S. The number of nitrogens with two attached hydrogens (primary N) is 1. The molecular weight excluding hydrogens is 140 g/mol. The Kier molecular flexibility index (Phi) is 3.60. The van der Waals surface area contributed by atoms with Crippen molar-refractivity contribution >= 4 is 18.7 Å². The Morgan fingerprint density at radius 1 is 1.89 bits per heavy atom. The Labute approximate surface area is 59.0 Å². The predicted octanol–water partition coefficient (Wildman–Crippen LogP) is -1.34. The van der Waals surface area contributed by atoms with E-state index in [1.165, 1.54) is 6.92 Å². The number of primary amides is 1. The zero-order chi connectivity index (χ0) is 7.44. The van der Waals surface area contributed by atoms with Crippen LogP contribution >= 0.6 is 12.8 Å². The molecule has 1 amide bonds. The van der Waals surface area contributed by atoms with E-state index in [0.717, 1.165) is 0 Å². The van der Waals surface area contributed by atoms with Gasteiger partial charge in [0.2, 0.25) is 5.91 Å². The van der Waals surface area contributed by atoms with Crippen LogP contribution in [-0.2, 0) is 4.79 Å². The fourth-order valence-electron chi connectivity index (χ4n) is 0.409. The summed E-state index contributed by atoms with van der Waals surface area (Å²) < 4.78 is 2.27. The van der Waals surface area contributed by atoms with Gasteiger partial charge in [0.05, 0.1) is 6.10 Å². The highest BCUT2D eigenvalue weighted by Gasteiger charge is 2.18. The smallest absolute Gasteiger partial charge is 0.238 e. The van der Waals surface area contributed by atoms with E-state index in [0.29, 0.717) is 0 Å². The molecule has 0 aliphatic heterocycles. The summed E-state index contributed by atoms with van der Waals surface area (Å²) >= 11 is 3.58. The predicted molar refractivity (Wildman–Crippen MR) is 36.8 cm³/mol. The van der Waals surface area contributed by atoms with Crippen molar-refractivity contribution in [3.63, 3.8) is 0 Å². The van der Waals surface area contributed by atoms with E-state index in [1.807, 2.05) is 0 Å². The second kappa shape index (κ2) is 3.71. The van der Waals surface area contributed by atoms with Gasteiger partial charge in [-0.2, -0.15) is 0 Å². The van der Waals surface area contributed by atoms with Crippen molar-refractivity contribution in [3.05, 3.63) is 0 Å². The van der Waals surface area contributed by atoms with Crippen molar-refractivity contribution in [3.8, 4) is 0 Å². The summed E-state index contributed by atoms with van der Waals surface area (Å²) in [4.78, 5) is 10.3. The standard InChI is InChI=1S/C4H10N2O2S/c1-2(7)3(6-9)4(5)8/h2-3,6-7,9H,1H3,(H2,5,8). The van der Waals surface area contributed by atoms with E-state index in [1.54, 1.807) is 0 Å². The molecule has 2 unspecified atom stereocenters. The van der Waals surface area contributed by atoms with E-state index in [-0.39, 0.29) is 0 Å². The molecule has 2 atom stereocenters. The van der Waals surface area contributed by atoms with Gasteiger partial charge in [0, 0.05) is 0 Å². The van der Waals surface area contributed by atoms with Crippen LogP contribution in [-0.4, -0.2) is 23.2 Å². The molecule has 4 N–H and O–H groups in total. The van der Waals surface area contributed by atoms with Crippen LogP contribution in [0.25, 0.3) is 0 Å². The topological polar surface area (TPSA) is 75.3 Å². The second-order valence-corrected chi connectivity index (χ2v) is 2.01. The van der Waals surface area contributed by atoms with Gasteiger partial charge in [-0.25, -0.2) is 0 Å². The minimum absolute atomic E-state index is 0.611. The van der Waals surface area contributed by atoms with Crippen LogP contribution in [0.5, 0.6) is 0 Å². The maximum Gasteiger partial charge on any atom is 0.238 e. The van der Waals surface area contributed by atoms with Crippen molar-refractivity contribution in [1.29, 1.82) is 0 Å². The van der Waals surface area contributed by atoms with Gasteiger partial charge in [-0.05, 0) is 6.92 Å². The number of thiol groups is 1. The molecule has 0 saturated carbocycles. The average molecular weight is 150 g/mol. The maximum atomic E-state index is 10.3. The first-order chi connectivity index (χ1) is 4.09. The molecule has 0 fully saturated rings. The number of carbonyl (C=O) groups excluding carboxylic acids is 1. The third kappa shape index (κ3) is 2.69. The van der Waals surface area contributed by atoms with Crippen LogP contribution in [0.3, 0.4) is 0 Å². The number of hydrogen-bond acceptors (Lipinski definition) is 4. The number of nitrogens with one attached hydrogen (secondary N) is 1. The molecule has 0 bridgehead atoms.